The third kappa shape index (κ3) is 4.21. The van der Waals surface area contributed by atoms with Crippen molar-refractivity contribution in [1.29, 1.82) is 0 Å². The second kappa shape index (κ2) is 7.78. The molecule has 0 radical (unpaired) electrons. The summed E-state index contributed by atoms with van der Waals surface area (Å²) in [6, 6.07) is 13.5. The Bertz CT molecular complexity index is 1170. The molecule has 3 N–H and O–H groups in total. The number of primary sulfonamides is 1. The normalized spacial score (nSPS) is 14.7. The monoisotopic (exact) mass is 412 g/mol. The molecule has 8 nitrogen and oxygen atoms in total. The maximum Gasteiger partial charge on any atom is 0.257 e. The van der Waals surface area contributed by atoms with Crippen LogP contribution in [0.25, 0.3) is 10.9 Å². The van der Waals surface area contributed by atoms with Gasteiger partial charge in [0.25, 0.3) is 5.91 Å². The number of rotatable bonds is 4. The number of carbonyl (C=O) groups excluding carboxylic acids is 1. The van der Waals surface area contributed by atoms with Gasteiger partial charge in [-0.15, -0.1) is 0 Å². The number of aromatic nitrogens is 1. The average molecular weight is 412 g/mol. The SMILES string of the molecule is NS(=O)(=O)c1ccc(N2CCOCC2)c(C(=O)Nc2ccc3ncccc3c2)c1. The third-order valence-electron chi connectivity index (χ3n) is 4.75. The number of ether oxygens (including phenoxy) is 1. The first-order valence-corrected chi connectivity index (χ1v) is 10.6. The number of hydrogen-bond donors (Lipinski definition) is 2. The highest BCUT2D eigenvalue weighted by molar-refractivity contribution is 7.89. The van der Waals surface area contributed by atoms with Crippen molar-refractivity contribution < 1.29 is 17.9 Å². The predicted molar refractivity (Wildman–Crippen MR) is 111 cm³/mol. The van der Waals surface area contributed by atoms with E-state index in [1.165, 1.54) is 12.1 Å². The highest BCUT2D eigenvalue weighted by Gasteiger charge is 2.22. The molecule has 29 heavy (non-hydrogen) atoms. The summed E-state index contributed by atoms with van der Waals surface area (Å²) >= 11 is 0. The minimum atomic E-state index is -3.94. The van der Waals surface area contributed by atoms with Gasteiger partial charge in [0.15, 0.2) is 0 Å². The fourth-order valence-corrected chi connectivity index (χ4v) is 3.85. The first kappa shape index (κ1) is 19.3. The zero-order valence-corrected chi connectivity index (χ0v) is 16.4. The number of morpholine rings is 1. The van der Waals surface area contributed by atoms with Crippen molar-refractivity contribution in [2.45, 2.75) is 4.90 Å². The number of carbonyl (C=O) groups is 1. The zero-order chi connectivity index (χ0) is 20.4. The van der Waals surface area contributed by atoms with Gasteiger partial charge in [0.2, 0.25) is 10.0 Å². The highest BCUT2D eigenvalue weighted by atomic mass is 32.2. The van der Waals surface area contributed by atoms with E-state index in [2.05, 4.69) is 10.3 Å². The number of hydrogen-bond acceptors (Lipinski definition) is 6. The summed E-state index contributed by atoms with van der Waals surface area (Å²) < 4.78 is 29.0. The fraction of sp³-hybridized carbons (Fsp3) is 0.200. The van der Waals surface area contributed by atoms with Gasteiger partial charge in [-0.25, -0.2) is 13.6 Å². The van der Waals surface area contributed by atoms with Gasteiger partial charge in [-0.2, -0.15) is 0 Å². The number of nitrogens with two attached hydrogens (primary N) is 1. The maximum atomic E-state index is 13.1. The van der Waals surface area contributed by atoms with Crippen LogP contribution in [0.5, 0.6) is 0 Å². The first-order valence-electron chi connectivity index (χ1n) is 9.07. The maximum absolute atomic E-state index is 13.1. The van der Waals surface area contributed by atoms with Crippen molar-refractivity contribution >= 4 is 38.2 Å². The molecule has 1 fully saturated rings. The van der Waals surface area contributed by atoms with E-state index in [9.17, 15) is 13.2 Å². The first-order chi connectivity index (χ1) is 13.9. The zero-order valence-electron chi connectivity index (χ0n) is 15.5. The van der Waals surface area contributed by atoms with Gasteiger partial charge < -0.3 is 15.0 Å². The molecule has 0 saturated carbocycles. The Balaban J connectivity index is 1.70. The molecule has 2 aromatic carbocycles. The van der Waals surface area contributed by atoms with E-state index < -0.39 is 15.9 Å². The predicted octanol–water partition coefficient (Wildman–Crippen LogP) is 1.97. The van der Waals surface area contributed by atoms with Gasteiger partial charge in [-0.05, 0) is 42.5 Å². The molecule has 1 aromatic heterocycles. The van der Waals surface area contributed by atoms with Gasteiger partial charge in [0.1, 0.15) is 0 Å². The third-order valence-corrected chi connectivity index (χ3v) is 5.66. The number of nitrogens with zero attached hydrogens (tertiary/aromatic N) is 2. The summed E-state index contributed by atoms with van der Waals surface area (Å²) in [5, 5.41) is 9.00. The van der Waals surface area contributed by atoms with Crippen molar-refractivity contribution in [2.24, 2.45) is 5.14 Å². The van der Waals surface area contributed by atoms with Crippen LogP contribution >= 0.6 is 0 Å². The van der Waals surface area contributed by atoms with Gasteiger partial charge in [-0.1, -0.05) is 6.07 Å². The lowest BCUT2D eigenvalue weighted by Gasteiger charge is -2.30. The van der Waals surface area contributed by atoms with E-state index in [0.717, 1.165) is 10.9 Å². The summed E-state index contributed by atoms with van der Waals surface area (Å²) in [5.41, 5.74) is 2.28. The van der Waals surface area contributed by atoms with E-state index in [1.54, 1.807) is 18.3 Å². The lowest BCUT2D eigenvalue weighted by atomic mass is 10.1. The molecule has 1 aliphatic heterocycles. The second-order valence-electron chi connectivity index (χ2n) is 6.69. The molecule has 0 atom stereocenters. The quantitative estimate of drug-likeness (QED) is 0.677. The molecule has 1 aliphatic rings. The van der Waals surface area contributed by atoms with Crippen molar-refractivity contribution in [2.75, 3.05) is 36.5 Å². The van der Waals surface area contributed by atoms with E-state index in [4.69, 9.17) is 9.88 Å². The smallest absolute Gasteiger partial charge is 0.257 e. The summed E-state index contributed by atoms with van der Waals surface area (Å²) in [7, 11) is -3.94. The molecular weight excluding hydrogens is 392 g/mol. The van der Waals surface area contributed by atoms with Crippen LogP contribution in [0.2, 0.25) is 0 Å². The van der Waals surface area contributed by atoms with Crippen LogP contribution < -0.4 is 15.4 Å². The van der Waals surface area contributed by atoms with Crippen LogP contribution in [0, 0.1) is 0 Å². The Labute approximate surface area is 168 Å². The second-order valence-corrected chi connectivity index (χ2v) is 8.25. The van der Waals surface area contributed by atoms with Crippen LogP contribution in [-0.4, -0.2) is 45.6 Å². The van der Waals surface area contributed by atoms with Crippen LogP contribution in [0.1, 0.15) is 10.4 Å². The largest absolute Gasteiger partial charge is 0.378 e. The molecule has 3 aromatic rings. The molecule has 1 saturated heterocycles. The Hall–Kier alpha value is -3.01. The Morgan fingerprint density at radius 2 is 1.90 bits per heavy atom. The number of amides is 1. The van der Waals surface area contributed by atoms with E-state index in [1.807, 2.05) is 29.2 Å². The lowest BCUT2D eigenvalue weighted by Crippen LogP contribution is -2.37. The minimum Gasteiger partial charge on any atom is -0.378 e. The van der Waals surface area contributed by atoms with E-state index in [-0.39, 0.29) is 10.5 Å². The van der Waals surface area contributed by atoms with Gasteiger partial charge >= 0.3 is 0 Å². The minimum absolute atomic E-state index is 0.109. The Morgan fingerprint density at radius 1 is 1.10 bits per heavy atom. The Morgan fingerprint density at radius 3 is 2.66 bits per heavy atom. The number of nitrogens with one attached hydrogen (secondary N) is 1. The number of sulfonamides is 1. The molecule has 0 aliphatic carbocycles. The molecule has 9 heteroatoms. The lowest BCUT2D eigenvalue weighted by molar-refractivity contribution is 0.102. The van der Waals surface area contributed by atoms with Crippen LogP contribution in [0.3, 0.4) is 0 Å². The molecule has 0 spiro atoms. The van der Waals surface area contributed by atoms with E-state index >= 15 is 0 Å². The number of benzene rings is 2. The van der Waals surface area contributed by atoms with Gasteiger partial charge in [0, 0.05) is 36.0 Å². The van der Waals surface area contributed by atoms with Crippen LogP contribution in [0.15, 0.2) is 59.6 Å². The molecule has 150 valence electrons. The summed E-state index contributed by atoms with van der Waals surface area (Å²) in [4.78, 5) is 19.2. The van der Waals surface area contributed by atoms with Crippen molar-refractivity contribution in [3.63, 3.8) is 0 Å². The number of fused-ring (bicyclic) bond motifs is 1. The van der Waals surface area contributed by atoms with E-state index in [0.29, 0.717) is 37.7 Å². The summed E-state index contributed by atoms with van der Waals surface area (Å²) in [6.45, 7) is 2.29. The van der Waals surface area contributed by atoms with Crippen molar-refractivity contribution in [1.82, 2.24) is 4.98 Å². The molecule has 4 rings (SSSR count). The summed E-state index contributed by atoms with van der Waals surface area (Å²) in [6.07, 6.45) is 1.70. The van der Waals surface area contributed by atoms with Crippen LogP contribution in [0.4, 0.5) is 11.4 Å². The van der Waals surface area contributed by atoms with Gasteiger partial charge in [0.05, 0.1) is 29.2 Å². The van der Waals surface area contributed by atoms with Crippen molar-refractivity contribution in [3.8, 4) is 0 Å². The number of anilines is 2. The molecule has 1 amide bonds. The topological polar surface area (TPSA) is 115 Å². The molecule has 0 unspecified atom stereocenters. The number of pyridine rings is 1. The molecule has 2 heterocycles. The van der Waals surface area contributed by atoms with Crippen LogP contribution in [-0.2, 0) is 14.8 Å². The Kier molecular flexibility index (Phi) is 5.18. The average Bonchev–Trinajstić information content (AvgIpc) is 2.73. The highest BCUT2D eigenvalue weighted by Crippen LogP contribution is 2.26. The fourth-order valence-electron chi connectivity index (χ4n) is 3.31. The summed E-state index contributed by atoms with van der Waals surface area (Å²) in [5.74, 6) is -0.416. The van der Waals surface area contributed by atoms with Gasteiger partial charge in [-0.3, -0.25) is 9.78 Å². The standard InChI is InChI=1S/C20H20N4O4S/c21-29(26,27)16-4-6-19(24-8-10-28-11-9-24)17(13-16)20(25)23-15-3-5-18-14(12-15)2-1-7-22-18/h1-7,12-13H,8-11H2,(H,23,25)(H2,21,26,27). The molecular formula is C20H20N4O4S. The molecule has 0 bridgehead atoms. The van der Waals surface area contributed by atoms with Crippen molar-refractivity contribution in [3.05, 3.63) is 60.3 Å².